The third-order valence-corrected chi connectivity index (χ3v) is 2.39. The minimum atomic E-state index is -0.742. The Hall–Kier alpha value is -2.55. The van der Waals surface area contributed by atoms with Gasteiger partial charge in [0.2, 0.25) is 0 Å². The highest BCUT2D eigenvalue weighted by Gasteiger charge is 2.14. The summed E-state index contributed by atoms with van der Waals surface area (Å²) < 4.78 is 27.8. The maximum absolute atomic E-state index is 13.6. The summed E-state index contributed by atoms with van der Waals surface area (Å²) in [6.45, 7) is 0. The molecule has 0 spiro atoms. The molecule has 6 heteroatoms. The lowest BCUT2D eigenvalue weighted by molar-refractivity contribution is 0.602. The zero-order valence-electron chi connectivity index (χ0n) is 9.32. The number of nitrogens with zero attached hydrogens (tertiary/aromatic N) is 3. The molecule has 0 saturated carbocycles. The van der Waals surface area contributed by atoms with Crippen LogP contribution in [-0.4, -0.2) is 9.55 Å². The smallest absolute Gasteiger partial charge is 0.301 e. The Morgan fingerprint density at radius 2 is 2.11 bits per heavy atom. The molecule has 0 saturated heterocycles. The number of hydrogen-bond acceptors (Lipinski definition) is 3. The Kier molecular flexibility index (Phi) is 2.90. The van der Waals surface area contributed by atoms with Crippen molar-refractivity contribution in [3.05, 3.63) is 52.1 Å². The van der Waals surface area contributed by atoms with Crippen molar-refractivity contribution >= 4 is 0 Å². The standard InChI is InChI=1S/C12H7F2N3O/c1-17-6-7(5-15)11(16-12(17)18)9-4-8(13)2-3-10(9)14/h2-4,6H,1H3. The quantitative estimate of drug-likeness (QED) is 0.769. The first-order valence-electron chi connectivity index (χ1n) is 4.96. The van der Waals surface area contributed by atoms with Gasteiger partial charge in [-0.05, 0) is 18.2 Å². The fraction of sp³-hybridized carbons (Fsp3) is 0.0833. The highest BCUT2D eigenvalue weighted by molar-refractivity contribution is 5.66. The van der Waals surface area contributed by atoms with E-state index in [0.717, 1.165) is 22.8 Å². The molecule has 2 rings (SSSR count). The molecule has 18 heavy (non-hydrogen) atoms. The normalized spacial score (nSPS) is 10.1. The molecule has 0 fully saturated rings. The van der Waals surface area contributed by atoms with E-state index >= 15 is 0 Å². The van der Waals surface area contributed by atoms with Gasteiger partial charge in [-0.25, -0.2) is 13.6 Å². The fourth-order valence-electron chi connectivity index (χ4n) is 1.51. The van der Waals surface area contributed by atoms with Crippen LogP contribution in [0.15, 0.2) is 29.2 Å². The minimum Gasteiger partial charge on any atom is -0.301 e. The average molecular weight is 247 g/mol. The highest BCUT2D eigenvalue weighted by Crippen LogP contribution is 2.23. The van der Waals surface area contributed by atoms with Gasteiger partial charge in [0.1, 0.15) is 17.7 Å². The molecule has 1 heterocycles. The largest absolute Gasteiger partial charge is 0.347 e. The second kappa shape index (κ2) is 4.37. The summed E-state index contributed by atoms with van der Waals surface area (Å²) in [5.41, 5.74) is -1.00. The molecular formula is C12H7F2N3O. The molecule has 2 aromatic rings. The molecular weight excluding hydrogens is 240 g/mol. The summed E-state index contributed by atoms with van der Waals surface area (Å²) >= 11 is 0. The van der Waals surface area contributed by atoms with E-state index in [-0.39, 0.29) is 16.8 Å². The Bertz CT molecular complexity index is 716. The van der Waals surface area contributed by atoms with Crippen molar-refractivity contribution < 1.29 is 8.78 Å². The molecule has 4 nitrogen and oxygen atoms in total. The van der Waals surface area contributed by atoms with Gasteiger partial charge < -0.3 is 4.57 Å². The van der Waals surface area contributed by atoms with Crippen molar-refractivity contribution in [1.29, 1.82) is 5.26 Å². The van der Waals surface area contributed by atoms with Crippen molar-refractivity contribution in [2.24, 2.45) is 7.05 Å². The molecule has 0 amide bonds. The van der Waals surface area contributed by atoms with Gasteiger partial charge in [-0.1, -0.05) is 0 Å². The van der Waals surface area contributed by atoms with Gasteiger partial charge in [-0.2, -0.15) is 10.2 Å². The topological polar surface area (TPSA) is 58.7 Å². The van der Waals surface area contributed by atoms with Crippen LogP contribution in [0, 0.1) is 23.0 Å². The molecule has 1 aromatic carbocycles. The van der Waals surface area contributed by atoms with E-state index in [1.54, 1.807) is 6.07 Å². The number of aryl methyl sites for hydroxylation is 1. The second-order valence-electron chi connectivity index (χ2n) is 3.63. The molecule has 1 aromatic heterocycles. The van der Waals surface area contributed by atoms with Gasteiger partial charge >= 0.3 is 5.69 Å². The lowest BCUT2D eigenvalue weighted by Crippen LogP contribution is -2.21. The van der Waals surface area contributed by atoms with Crippen molar-refractivity contribution in [2.45, 2.75) is 0 Å². The molecule has 0 radical (unpaired) electrons. The Labute approximate surface area is 101 Å². The van der Waals surface area contributed by atoms with E-state index in [0.29, 0.717) is 0 Å². The van der Waals surface area contributed by atoms with Gasteiger partial charge in [0.25, 0.3) is 0 Å². The third-order valence-electron chi connectivity index (χ3n) is 2.39. The van der Waals surface area contributed by atoms with E-state index < -0.39 is 17.3 Å². The van der Waals surface area contributed by atoms with Crippen molar-refractivity contribution in [3.63, 3.8) is 0 Å². The van der Waals surface area contributed by atoms with Crippen LogP contribution in [0.3, 0.4) is 0 Å². The van der Waals surface area contributed by atoms with Gasteiger partial charge in [-0.3, -0.25) is 0 Å². The number of rotatable bonds is 1. The first kappa shape index (κ1) is 11.9. The predicted molar refractivity (Wildman–Crippen MR) is 59.5 cm³/mol. The third kappa shape index (κ3) is 1.98. The molecule has 0 atom stereocenters. The predicted octanol–water partition coefficient (Wildman–Crippen LogP) is 1.60. The zero-order chi connectivity index (χ0) is 13.3. The molecule has 0 aliphatic rings. The number of nitriles is 1. The summed E-state index contributed by atoms with van der Waals surface area (Å²) in [4.78, 5) is 15.0. The number of halogens is 2. The van der Waals surface area contributed by atoms with Crippen molar-refractivity contribution in [2.75, 3.05) is 0 Å². The van der Waals surface area contributed by atoms with Gasteiger partial charge in [-0.15, -0.1) is 0 Å². The fourth-order valence-corrected chi connectivity index (χ4v) is 1.51. The van der Waals surface area contributed by atoms with Gasteiger partial charge in [0.15, 0.2) is 0 Å². The Morgan fingerprint density at radius 1 is 1.39 bits per heavy atom. The number of hydrogen-bond donors (Lipinski definition) is 0. The maximum Gasteiger partial charge on any atom is 0.347 e. The van der Waals surface area contributed by atoms with E-state index in [1.165, 1.54) is 13.2 Å². The summed E-state index contributed by atoms with van der Waals surface area (Å²) in [7, 11) is 1.42. The average Bonchev–Trinajstić information content (AvgIpc) is 2.35. The molecule has 90 valence electrons. The van der Waals surface area contributed by atoms with E-state index in [1.807, 2.05) is 0 Å². The summed E-state index contributed by atoms with van der Waals surface area (Å²) in [5, 5.41) is 8.93. The lowest BCUT2D eigenvalue weighted by Gasteiger charge is -2.06. The Balaban J connectivity index is 2.79. The first-order chi connectivity index (χ1) is 8.52. The van der Waals surface area contributed by atoms with Crippen molar-refractivity contribution in [1.82, 2.24) is 9.55 Å². The monoisotopic (exact) mass is 247 g/mol. The van der Waals surface area contributed by atoms with Crippen LogP contribution in [0.1, 0.15) is 5.56 Å². The number of benzene rings is 1. The number of aromatic nitrogens is 2. The second-order valence-corrected chi connectivity index (χ2v) is 3.63. The Morgan fingerprint density at radius 3 is 2.78 bits per heavy atom. The van der Waals surface area contributed by atoms with Gasteiger partial charge in [0.05, 0.1) is 11.3 Å². The first-order valence-corrected chi connectivity index (χ1v) is 4.96. The molecule has 0 aliphatic carbocycles. The molecule has 0 N–H and O–H groups in total. The van der Waals surface area contributed by atoms with Crippen LogP contribution in [0.5, 0.6) is 0 Å². The molecule has 0 aliphatic heterocycles. The van der Waals surface area contributed by atoms with Crippen LogP contribution in [0.25, 0.3) is 11.3 Å². The molecule has 0 unspecified atom stereocenters. The molecule has 0 bridgehead atoms. The SMILES string of the molecule is Cn1cc(C#N)c(-c2cc(F)ccc2F)nc1=O. The lowest BCUT2D eigenvalue weighted by atomic mass is 10.1. The highest BCUT2D eigenvalue weighted by atomic mass is 19.1. The van der Waals surface area contributed by atoms with Crippen LogP contribution in [-0.2, 0) is 7.05 Å². The van der Waals surface area contributed by atoms with Crippen molar-refractivity contribution in [3.8, 4) is 17.3 Å². The summed E-state index contributed by atoms with van der Waals surface area (Å²) in [6.07, 6.45) is 1.23. The summed E-state index contributed by atoms with van der Waals surface area (Å²) in [5.74, 6) is -1.41. The van der Waals surface area contributed by atoms with Crippen LogP contribution in [0.2, 0.25) is 0 Å². The van der Waals surface area contributed by atoms with Gasteiger partial charge in [0, 0.05) is 18.8 Å². The summed E-state index contributed by atoms with van der Waals surface area (Å²) in [6, 6.07) is 4.57. The van der Waals surface area contributed by atoms with Crippen LogP contribution < -0.4 is 5.69 Å². The maximum atomic E-state index is 13.6. The minimum absolute atomic E-state index is 0.00148. The van der Waals surface area contributed by atoms with E-state index in [2.05, 4.69) is 4.98 Å². The zero-order valence-corrected chi connectivity index (χ0v) is 9.32. The van der Waals surface area contributed by atoms with Crippen LogP contribution in [0.4, 0.5) is 8.78 Å². The van der Waals surface area contributed by atoms with Crippen LogP contribution >= 0.6 is 0 Å². The van der Waals surface area contributed by atoms with E-state index in [9.17, 15) is 13.6 Å². The van der Waals surface area contributed by atoms with E-state index in [4.69, 9.17) is 5.26 Å².